The van der Waals surface area contributed by atoms with E-state index in [-0.39, 0.29) is 5.91 Å². The molecule has 7 heteroatoms. The third-order valence-electron chi connectivity index (χ3n) is 2.64. The molecule has 2 N–H and O–H groups in total. The second-order valence-electron chi connectivity index (χ2n) is 4.08. The van der Waals surface area contributed by atoms with Gasteiger partial charge in [0.1, 0.15) is 0 Å². The first kappa shape index (κ1) is 12.6. The van der Waals surface area contributed by atoms with Crippen molar-refractivity contribution in [3.63, 3.8) is 0 Å². The molecule has 1 fully saturated rings. The van der Waals surface area contributed by atoms with Crippen molar-refractivity contribution in [3.05, 3.63) is 42.4 Å². The highest BCUT2D eigenvalue weighted by molar-refractivity contribution is 8.15. The van der Waals surface area contributed by atoms with Crippen LogP contribution in [0.15, 0.2) is 47.0 Å². The van der Waals surface area contributed by atoms with Gasteiger partial charge in [-0.3, -0.25) is 4.79 Å². The SMILES string of the molecule is O=C1CSC(=NN=Cc2cccc(-c3cnc[nH]3)c2)N1. The zero-order chi connectivity index (χ0) is 13.8. The number of rotatable bonds is 3. The molecule has 20 heavy (non-hydrogen) atoms. The zero-order valence-electron chi connectivity index (χ0n) is 10.4. The van der Waals surface area contributed by atoms with Crippen LogP contribution >= 0.6 is 11.8 Å². The molecule has 1 aliphatic rings. The summed E-state index contributed by atoms with van der Waals surface area (Å²) in [7, 11) is 0. The first-order valence-corrected chi connectivity index (χ1v) is 6.92. The summed E-state index contributed by atoms with van der Waals surface area (Å²) in [5.74, 6) is 0.370. The molecule has 0 aliphatic carbocycles. The van der Waals surface area contributed by atoms with Gasteiger partial charge in [0.05, 0.1) is 30.2 Å². The fourth-order valence-electron chi connectivity index (χ4n) is 1.73. The Bertz CT molecular complexity index is 678. The maximum Gasteiger partial charge on any atom is 0.236 e. The molecular formula is C13H11N5OS. The lowest BCUT2D eigenvalue weighted by atomic mass is 10.1. The lowest BCUT2D eigenvalue weighted by Crippen LogP contribution is -2.19. The van der Waals surface area contributed by atoms with Gasteiger partial charge in [-0.15, -0.1) is 5.10 Å². The molecule has 0 atom stereocenters. The third kappa shape index (κ3) is 2.94. The molecule has 2 heterocycles. The predicted molar refractivity (Wildman–Crippen MR) is 79.7 cm³/mol. The first-order valence-electron chi connectivity index (χ1n) is 5.94. The number of aromatic nitrogens is 2. The standard InChI is InChI=1S/C13H11N5OS/c19-12-7-20-13(17-12)18-16-5-9-2-1-3-10(4-9)11-6-14-8-15-11/h1-6,8H,7H2,(H,14,15)(H,17,18,19). The topological polar surface area (TPSA) is 82.5 Å². The molecule has 1 aromatic carbocycles. The number of carbonyl (C=O) groups is 1. The molecule has 0 spiro atoms. The Kier molecular flexibility index (Phi) is 3.60. The highest BCUT2D eigenvalue weighted by Crippen LogP contribution is 2.16. The smallest absolute Gasteiger partial charge is 0.236 e. The van der Waals surface area contributed by atoms with Gasteiger partial charge in [-0.05, 0) is 11.6 Å². The van der Waals surface area contributed by atoms with Crippen LogP contribution < -0.4 is 5.32 Å². The van der Waals surface area contributed by atoms with Crippen molar-refractivity contribution in [2.45, 2.75) is 0 Å². The van der Waals surface area contributed by atoms with Gasteiger partial charge >= 0.3 is 0 Å². The van der Waals surface area contributed by atoms with E-state index in [1.165, 1.54) is 11.8 Å². The number of benzene rings is 1. The van der Waals surface area contributed by atoms with Gasteiger partial charge in [-0.1, -0.05) is 30.0 Å². The average Bonchev–Trinajstić information content (AvgIpc) is 3.11. The molecule has 1 amide bonds. The maximum absolute atomic E-state index is 11.0. The Morgan fingerprint density at radius 3 is 3.10 bits per heavy atom. The van der Waals surface area contributed by atoms with E-state index in [0.29, 0.717) is 10.9 Å². The summed E-state index contributed by atoms with van der Waals surface area (Å²) in [6.45, 7) is 0. The monoisotopic (exact) mass is 285 g/mol. The molecule has 1 aliphatic heterocycles. The number of amides is 1. The first-order chi connectivity index (χ1) is 9.81. The van der Waals surface area contributed by atoms with Crippen LogP contribution in [-0.4, -0.2) is 33.0 Å². The minimum atomic E-state index is -0.0369. The number of hydrogen-bond acceptors (Lipinski definition) is 5. The van der Waals surface area contributed by atoms with Gasteiger partial charge in [0, 0.05) is 5.56 Å². The van der Waals surface area contributed by atoms with Crippen molar-refractivity contribution in [2.24, 2.45) is 10.2 Å². The van der Waals surface area contributed by atoms with Crippen LogP contribution in [0.2, 0.25) is 0 Å². The van der Waals surface area contributed by atoms with E-state index in [1.54, 1.807) is 18.7 Å². The number of hydrogen-bond donors (Lipinski definition) is 2. The Morgan fingerprint density at radius 2 is 2.35 bits per heavy atom. The van der Waals surface area contributed by atoms with E-state index in [4.69, 9.17) is 0 Å². The van der Waals surface area contributed by atoms with Gasteiger partial charge < -0.3 is 10.3 Å². The number of H-pyrrole nitrogens is 1. The summed E-state index contributed by atoms with van der Waals surface area (Å²) in [5.41, 5.74) is 2.91. The van der Waals surface area contributed by atoms with Gasteiger partial charge in [0.2, 0.25) is 5.91 Å². The van der Waals surface area contributed by atoms with Crippen molar-refractivity contribution in [3.8, 4) is 11.3 Å². The van der Waals surface area contributed by atoms with Crippen LogP contribution in [0, 0.1) is 0 Å². The molecule has 3 rings (SSSR count). The van der Waals surface area contributed by atoms with Crippen LogP contribution in [0.4, 0.5) is 0 Å². The van der Waals surface area contributed by atoms with Crippen molar-refractivity contribution >= 4 is 29.1 Å². The lowest BCUT2D eigenvalue weighted by molar-refractivity contribution is -0.116. The quantitative estimate of drug-likeness (QED) is 0.664. The molecule has 100 valence electrons. The summed E-state index contributed by atoms with van der Waals surface area (Å²) in [5, 5.41) is 11.1. The number of carbonyl (C=O) groups excluding carboxylic acids is 1. The molecule has 0 bridgehead atoms. The molecule has 0 unspecified atom stereocenters. The van der Waals surface area contributed by atoms with Gasteiger partial charge in [-0.2, -0.15) is 5.10 Å². The Morgan fingerprint density at radius 1 is 1.40 bits per heavy atom. The van der Waals surface area contributed by atoms with Crippen molar-refractivity contribution in [1.29, 1.82) is 0 Å². The van der Waals surface area contributed by atoms with Crippen LogP contribution in [0.3, 0.4) is 0 Å². The summed E-state index contributed by atoms with van der Waals surface area (Å²) in [6.07, 6.45) is 5.06. The van der Waals surface area contributed by atoms with E-state index >= 15 is 0 Å². The molecule has 6 nitrogen and oxygen atoms in total. The molecule has 1 saturated heterocycles. The summed E-state index contributed by atoms with van der Waals surface area (Å²) < 4.78 is 0. The van der Waals surface area contributed by atoms with Crippen molar-refractivity contribution < 1.29 is 4.79 Å². The normalized spacial score (nSPS) is 17.0. The third-order valence-corrected chi connectivity index (χ3v) is 3.50. The van der Waals surface area contributed by atoms with Gasteiger partial charge in [-0.25, -0.2) is 4.98 Å². The van der Waals surface area contributed by atoms with Crippen molar-refractivity contribution in [2.75, 3.05) is 5.75 Å². The fraction of sp³-hybridized carbons (Fsp3) is 0.0769. The second kappa shape index (κ2) is 5.70. The van der Waals surface area contributed by atoms with Crippen LogP contribution in [0.5, 0.6) is 0 Å². The zero-order valence-corrected chi connectivity index (χ0v) is 11.2. The number of nitrogens with zero attached hydrogens (tertiary/aromatic N) is 3. The Balaban J connectivity index is 1.75. The van der Waals surface area contributed by atoms with Crippen molar-refractivity contribution in [1.82, 2.24) is 15.3 Å². The molecule has 0 radical (unpaired) electrons. The lowest BCUT2D eigenvalue weighted by Gasteiger charge is -1.98. The van der Waals surface area contributed by atoms with E-state index in [9.17, 15) is 4.79 Å². The van der Waals surface area contributed by atoms with Gasteiger partial charge in [0.25, 0.3) is 0 Å². The van der Waals surface area contributed by atoms with E-state index in [2.05, 4.69) is 25.5 Å². The Labute approximate surface area is 119 Å². The minimum absolute atomic E-state index is 0.0369. The number of amidine groups is 1. The van der Waals surface area contributed by atoms with E-state index < -0.39 is 0 Å². The number of thioether (sulfide) groups is 1. The minimum Gasteiger partial charge on any atom is -0.345 e. The highest BCUT2D eigenvalue weighted by atomic mass is 32.2. The Hall–Kier alpha value is -2.41. The number of imidazole rings is 1. The fourth-order valence-corrected chi connectivity index (χ4v) is 2.36. The summed E-state index contributed by atoms with van der Waals surface area (Å²) >= 11 is 1.35. The predicted octanol–water partition coefficient (Wildman–Crippen LogP) is 1.63. The second-order valence-corrected chi connectivity index (χ2v) is 5.04. The highest BCUT2D eigenvalue weighted by Gasteiger charge is 2.15. The maximum atomic E-state index is 11.0. The van der Waals surface area contributed by atoms with Crippen LogP contribution in [0.25, 0.3) is 11.3 Å². The molecular weight excluding hydrogens is 274 g/mol. The molecule has 1 aromatic heterocycles. The summed E-state index contributed by atoms with van der Waals surface area (Å²) in [6, 6.07) is 7.85. The molecule has 0 saturated carbocycles. The largest absolute Gasteiger partial charge is 0.345 e. The van der Waals surface area contributed by atoms with E-state index in [1.807, 2.05) is 24.3 Å². The van der Waals surface area contributed by atoms with E-state index in [0.717, 1.165) is 16.8 Å². The molecule has 2 aromatic rings. The average molecular weight is 285 g/mol. The number of nitrogens with one attached hydrogen (secondary N) is 2. The van der Waals surface area contributed by atoms with Crippen LogP contribution in [0.1, 0.15) is 5.56 Å². The summed E-state index contributed by atoms with van der Waals surface area (Å²) in [4.78, 5) is 18.0. The number of aromatic amines is 1. The van der Waals surface area contributed by atoms with Crippen LogP contribution in [-0.2, 0) is 4.79 Å². The van der Waals surface area contributed by atoms with Gasteiger partial charge in [0.15, 0.2) is 5.17 Å².